The van der Waals surface area contributed by atoms with E-state index in [9.17, 15) is 4.39 Å². The number of nitrogens with one attached hydrogen (secondary N) is 1. The summed E-state index contributed by atoms with van der Waals surface area (Å²) in [6.07, 6.45) is 5.15. The van der Waals surface area contributed by atoms with E-state index in [0.717, 1.165) is 22.0 Å². The number of halogens is 1. The molecule has 0 saturated carbocycles. The monoisotopic (exact) mass is 292 g/mol. The van der Waals surface area contributed by atoms with E-state index < -0.39 is 0 Å². The number of para-hydroxylation sites is 1. The maximum Gasteiger partial charge on any atom is 0.137 e. The summed E-state index contributed by atoms with van der Waals surface area (Å²) >= 11 is 0. The molecule has 0 amide bonds. The van der Waals surface area contributed by atoms with E-state index >= 15 is 0 Å². The van der Waals surface area contributed by atoms with Gasteiger partial charge in [0.05, 0.1) is 0 Å². The largest absolute Gasteiger partial charge is 0.361 e. The number of fused-ring (bicyclic) bond motifs is 1. The second kappa shape index (κ2) is 5.11. The van der Waals surface area contributed by atoms with Crippen LogP contribution in [0.25, 0.3) is 10.9 Å². The highest BCUT2D eigenvalue weighted by Crippen LogP contribution is 2.31. The standard InChI is InChI=1S/C17H13FN4/c18-13-7-5-12(6-8-13)17(22-11-19-10-21-22)15-9-20-16-4-2-1-3-14(15)16/h1-11,17,20H. The van der Waals surface area contributed by atoms with Crippen LogP contribution >= 0.6 is 0 Å². The molecular weight excluding hydrogens is 279 g/mol. The molecule has 2 heterocycles. The third-order valence-corrected chi connectivity index (χ3v) is 3.80. The van der Waals surface area contributed by atoms with Crippen molar-refractivity contribution >= 4 is 10.9 Å². The topological polar surface area (TPSA) is 46.5 Å². The zero-order valence-corrected chi connectivity index (χ0v) is 11.6. The molecule has 1 atom stereocenters. The van der Waals surface area contributed by atoms with Crippen LogP contribution in [0.3, 0.4) is 0 Å². The first-order valence-electron chi connectivity index (χ1n) is 6.98. The number of hydrogen-bond donors (Lipinski definition) is 1. The quantitative estimate of drug-likeness (QED) is 0.628. The zero-order valence-electron chi connectivity index (χ0n) is 11.6. The molecule has 2 aromatic carbocycles. The molecule has 0 aliphatic rings. The van der Waals surface area contributed by atoms with Crippen molar-refractivity contribution in [2.24, 2.45) is 0 Å². The van der Waals surface area contributed by atoms with Gasteiger partial charge < -0.3 is 4.98 Å². The van der Waals surface area contributed by atoms with Crippen molar-refractivity contribution in [3.8, 4) is 0 Å². The van der Waals surface area contributed by atoms with E-state index in [1.807, 2.05) is 24.4 Å². The Hall–Kier alpha value is -2.95. The van der Waals surface area contributed by atoms with Crippen LogP contribution in [0.1, 0.15) is 17.2 Å². The van der Waals surface area contributed by atoms with Gasteiger partial charge >= 0.3 is 0 Å². The molecular formula is C17H13FN4. The summed E-state index contributed by atoms with van der Waals surface area (Å²) in [4.78, 5) is 7.32. The van der Waals surface area contributed by atoms with E-state index in [1.165, 1.54) is 18.5 Å². The Balaban J connectivity index is 1.93. The van der Waals surface area contributed by atoms with Crippen LogP contribution in [-0.2, 0) is 0 Å². The molecule has 4 rings (SSSR count). The first-order valence-corrected chi connectivity index (χ1v) is 6.98. The Morgan fingerprint density at radius 3 is 2.64 bits per heavy atom. The van der Waals surface area contributed by atoms with Gasteiger partial charge in [0.15, 0.2) is 0 Å². The van der Waals surface area contributed by atoms with Crippen molar-refractivity contribution in [3.63, 3.8) is 0 Å². The van der Waals surface area contributed by atoms with Gasteiger partial charge in [-0.2, -0.15) is 5.10 Å². The number of hydrogen-bond acceptors (Lipinski definition) is 2. The second-order valence-corrected chi connectivity index (χ2v) is 5.12. The Labute approximate surface area is 126 Å². The predicted octanol–water partition coefficient (Wildman–Crippen LogP) is 3.54. The lowest BCUT2D eigenvalue weighted by Gasteiger charge is -2.17. The summed E-state index contributed by atoms with van der Waals surface area (Å²) in [5.74, 6) is -0.250. The second-order valence-electron chi connectivity index (χ2n) is 5.12. The molecule has 0 fully saturated rings. The van der Waals surface area contributed by atoms with E-state index in [1.54, 1.807) is 23.1 Å². The highest BCUT2D eigenvalue weighted by atomic mass is 19.1. The van der Waals surface area contributed by atoms with E-state index in [4.69, 9.17) is 0 Å². The van der Waals surface area contributed by atoms with Crippen LogP contribution in [0, 0.1) is 5.82 Å². The molecule has 1 N–H and O–H groups in total. The molecule has 4 nitrogen and oxygen atoms in total. The highest BCUT2D eigenvalue weighted by Gasteiger charge is 2.20. The predicted molar refractivity (Wildman–Crippen MR) is 82.0 cm³/mol. The SMILES string of the molecule is Fc1ccc(C(c2c[nH]c3ccccc23)n2cncn2)cc1. The van der Waals surface area contributed by atoms with Crippen molar-refractivity contribution in [1.29, 1.82) is 0 Å². The Bertz CT molecular complexity index is 894. The highest BCUT2D eigenvalue weighted by molar-refractivity contribution is 5.84. The molecule has 1 unspecified atom stereocenters. The van der Waals surface area contributed by atoms with Gasteiger partial charge in [-0.15, -0.1) is 0 Å². The van der Waals surface area contributed by atoms with Gasteiger partial charge in [-0.25, -0.2) is 14.1 Å². The molecule has 0 spiro atoms. The molecule has 0 aliphatic heterocycles. The van der Waals surface area contributed by atoms with Gasteiger partial charge in [-0.3, -0.25) is 0 Å². The van der Waals surface area contributed by atoms with Gasteiger partial charge in [0.2, 0.25) is 0 Å². The molecule has 2 aromatic heterocycles. The molecule has 0 saturated heterocycles. The fraction of sp³-hybridized carbons (Fsp3) is 0.0588. The fourth-order valence-electron chi connectivity index (χ4n) is 2.79. The lowest BCUT2D eigenvalue weighted by molar-refractivity contribution is 0.591. The minimum Gasteiger partial charge on any atom is -0.361 e. The van der Waals surface area contributed by atoms with E-state index in [-0.39, 0.29) is 11.9 Å². The lowest BCUT2D eigenvalue weighted by Crippen LogP contribution is -2.12. The van der Waals surface area contributed by atoms with Crippen molar-refractivity contribution in [3.05, 3.63) is 84.3 Å². The minimum atomic E-state index is -0.250. The van der Waals surface area contributed by atoms with Crippen molar-refractivity contribution in [1.82, 2.24) is 19.7 Å². The summed E-state index contributed by atoms with van der Waals surface area (Å²) in [5.41, 5.74) is 3.09. The Morgan fingerprint density at radius 1 is 1.05 bits per heavy atom. The fourth-order valence-corrected chi connectivity index (χ4v) is 2.79. The number of rotatable bonds is 3. The lowest BCUT2D eigenvalue weighted by atomic mass is 9.98. The van der Waals surface area contributed by atoms with Gasteiger partial charge in [0.1, 0.15) is 24.5 Å². The summed E-state index contributed by atoms with van der Waals surface area (Å²) in [5, 5.41) is 5.39. The minimum absolute atomic E-state index is 0.153. The number of nitrogens with zero attached hydrogens (tertiary/aromatic N) is 3. The van der Waals surface area contributed by atoms with Crippen molar-refractivity contribution < 1.29 is 4.39 Å². The van der Waals surface area contributed by atoms with Gasteiger partial charge in [-0.05, 0) is 23.8 Å². The zero-order chi connectivity index (χ0) is 14.9. The number of aromatic nitrogens is 4. The molecule has 0 aliphatic carbocycles. The Morgan fingerprint density at radius 2 is 1.86 bits per heavy atom. The number of H-pyrrole nitrogens is 1. The summed E-state index contributed by atoms with van der Waals surface area (Å²) in [6.45, 7) is 0. The van der Waals surface area contributed by atoms with Gasteiger partial charge in [-0.1, -0.05) is 30.3 Å². The maximum atomic E-state index is 13.2. The van der Waals surface area contributed by atoms with Crippen LogP contribution in [0.2, 0.25) is 0 Å². The first-order chi connectivity index (χ1) is 10.8. The van der Waals surface area contributed by atoms with Crippen LogP contribution in [0.15, 0.2) is 67.4 Å². The van der Waals surface area contributed by atoms with Crippen molar-refractivity contribution in [2.45, 2.75) is 6.04 Å². The van der Waals surface area contributed by atoms with Crippen LogP contribution < -0.4 is 0 Å². The van der Waals surface area contributed by atoms with Gasteiger partial charge in [0, 0.05) is 22.7 Å². The first kappa shape index (κ1) is 12.8. The average molecular weight is 292 g/mol. The Kier molecular flexibility index (Phi) is 2.96. The third kappa shape index (κ3) is 2.07. The van der Waals surface area contributed by atoms with Crippen molar-refractivity contribution in [2.75, 3.05) is 0 Å². The van der Waals surface area contributed by atoms with Crippen LogP contribution in [0.4, 0.5) is 4.39 Å². The summed E-state index contributed by atoms with van der Waals surface area (Å²) < 4.78 is 15.0. The number of benzene rings is 2. The van der Waals surface area contributed by atoms with E-state index in [0.29, 0.717) is 0 Å². The maximum absolute atomic E-state index is 13.2. The molecule has 22 heavy (non-hydrogen) atoms. The van der Waals surface area contributed by atoms with E-state index in [2.05, 4.69) is 21.1 Å². The molecule has 0 radical (unpaired) electrons. The summed E-state index contributed by atoms with van der Waals surface area (Å²) in [7, 11) is 0. The molecule has 0 bridgehead atoms. The van der Waals surface area contributed by atoms with Gasteiger partial charge in [0.25, 0.3) is 0 Å². The smallest absolute Gasteiger partial charge is 0.137 e. The van der Waals surface area contributed by atoms with Crippen LogP contribution in [-0.4, -0.2) is 19.7 Å². The third-order valence-electron chi connectivity index (χ3n) is 3.80. The normalized spacial score (nSPS) is 12.6. The molecule has 4 aromatic rings. The molecule has 108 valence electrons. The molecule has 5 heteroatoms. The summed E-state index contributed by atoms with van der Waals surface area (Å²) in [6, 6.07) is 14.4. The van der Waals surface area contributed by atoms with Crippen LogP contribution in [0.5, 0.6) is 0 Å². The number of aromatic amines is 1. The average Bonchev–Trinajstić information content (AvgIpc) is 3.20.